The van der Waals surface area contributed by atoms with Crippen molar-refractivity contribution >= 4 is 5.91 Å². The molecule has 0 saturated carbocycles. The van der Waals surface area contributed by atoms with Gasteiger partial charge >= 0.3 is 0 Å². The molecule has 3 heterocycles. The van der Waals surface area contributed by atoms with Crippen LogP contribution in [0.2, 0.25) is 0 Å². The SMILES string of the molecule is CC(=O)N1C[C@@]23C=C[C@@H](C[C@H]2CC1(c1ccccc1)c1ccccc1)O3. The summed E-state index contributed by atoms with van der Waals surface area (Å²) in [5.74, 6) is 0.520. The maximum Gasteiger partial charge on any atom is 0.220 e. The number of hydrogen-bond acceptors (Lipinski definition) is 2. The third-order valence-electron chi connectivity index (χ3n) is 6.46. The van der Waals surface area contributed by atoms with Crippen molar-refractivity contribution in [3.63, 3.8) is 0 Å². The van der Waals surface area contributed by atoms with Gasteiger partial charge in [0.25, 0.3) is 0 Å². The summed E-state index contributed by atoms with van der Waals surface area (Å²) in [5.41, 5.74) is 1.63. The van der Waals surface area contributed by atoms with Crippen LogP contribution in [0.5, 0.6) is 0 Å². The molecule has 132 valence electrons. The number of hydrogen-bond donors (Lipinski definition) is 0. The normalized spacial score (nSPS) is 31.0. The fraction of sp³-hybridized carbons (Fsp3) is 0.348. The predicted octanol–water partition coefficient (Wildman–Crippen LogP) is 3.90. The van der Waals surface area contributed by atoms with Gasteiger partial charge in [0.1, 0.15) is 5.60 Å². The maximum atomic E-state index is 12.9. The Hall–Kier alpha value is -2.39. The summed E-state index contributed by atoms with van der Waals surface area (Å²) in [7, 11) is 0. The van der Waals surface area contributed by atoms with Crippen molar-refractivity contribution in [3.05, 3.63) is 83.9 Å². The van der Waals surface area contributed by atoms with Crippen molar-refractivity contribution in [1.82, 2.24) is 4.90 Å². The molecule has 3 nitrogen and oxygen atoms in total. The van der Waals surface area contributed by atoms with Crippen LogP contribution in [-0.4, -0.2) is 29.1 Å². The summed E-state index contributed by atoms with van der Waals surface area (Å²) in [6, 6.07) is 21.0. The zero-order valence-corrected chi connectivity index (χ0v) is 15.0. The van der Waals surface area contributed by atoms with Gasteiger partial charge in [0, 0.05) is 6.92 Å². The number of carbonyl (C=O) groups is 1. The first kappa shape index (κ1) is 15.8. The maximum absolute atomic E-state index is 12.9. The molecule has 5 rings (SSSR count). The fourth-order valence-corrected chi connectivity index (χ4v) is 5.32. The van der Waals surface area contributed by atoms with Crippen LogP contribution in [0.15, 0.2) is 72.8 Å². The summed E-state index contributed by atoms with van der Waals surface area (Å²) < 4.78 is 6.30. The van der Waals surface area contributed by atoms with E-state index in [-0.39, 0.29) is 17.6 Å². The molecule has 0 radical (unpaired) electrons. The van der Waals surface area contributed by atoms with Gasteiger partial charge in [0.05, 0.1) is 18.2 Å². The van der Waals surface area contributed by atoms with Gasteiger partial charge in [0.2, 0.25) is 5.91 Å². The van der Waals surface area contributed by atoms with Crippen LogP contribution >= 0.6 is 0 Å². The minimum Gasteiger partial charge on any atom is -0.361 e. The summed E-state index contributed by atoms with van der Waals surface area (Å²) >= 11 is 0. The van der Waals surface area contributed by atoms with Gasteiger partial charge in [-0.1, -0.05) is 72.8 Å². The summed E-state index contributed by atoms with van der Waals surface area (Å²) in [6.07, 6.45) is 6.52. The molecule has 2 fully saturated rings. The summed E-state index contributed by atoms with van der Waals surface area (Å²) in [4.78, 5) is 14.9. The van der Waals surface area contributed by atoms with E-state index >= 15 is 0 Å². The molecule has 2 aromatic carbocycles. The molecule has 0 unspecified atom stereocenters. The van der Waals surface area contributed by atoms with Crippen LogP contribution in [-0.2, 0) is 15.1 Å². The molecule has 2 aromatic rings. The zero-order chi connectivity index (χ0) is 17.8. The lowest BCUT2D eigenvalue weighted by molar-refractivity contribution is -0.147. The quantitative estimate of drug-likeness (QED) is 0.773. The predicted molar refractivity (Wildman–Crippen MR) is 101 cm³/mol. The van der Waals surface area contributed by atoms with Crippen molar-refractivity contribution in [2.75, 3.05) is 6.54 Å². The molecule has 2 saturated heterocycles. The molecule has 3 aliphatic heterocycles. The number of piperidine rings is 1. The van der Waals surface area contributed by atoms with E-state index < -0.39 is 5.54 Å². The van der Waals surface area contributed by atoms with E-state index in [1.165, 1.54) is 11.1 Å². The van der Waals surface area contributed by atoms with Gasteiger partial charge < -0.3 is 9.64 Å². The van der Waals surface area contributed by atoms with E-state index in [4.69, 9.17) is 4.74 Å². The van der Waals surface area contributed by atoms with Crippen molar-refractivity contribution in [3.8, 4) is 0 Å². The van der Waals surface area contributed by atoms with E-state index in [2.05, 4.69) is 60.7 Å². The zero-order valence-electron chi connectivity index (χ0n) is 15.0. The summed E-state index contributed by atoms with van der Waals surface area (Å²) in [5, 5.41) is 0. The number of carbonyl (C=O) groups excluding carboxylic acids is 1. The molecular weight excluding hydrogens is 322 g/mol. The van der Waals surface area contributed by atoms with Crippen LogP contribution in [0, 0.1) is 5.92 Å². The lowest BCUT2D eigenvalue weighted by Crippen LogP contribution is -2.62. The lowest BCUT2D eigenvalue weighted by atomic mass is 9.65. The van der Waals surface area contributed by atoms with Gasteiger partial charge in [-0.25, -0.2) is 0 Å². The third-order valence-corrected chi connectivity index (χ3v) is 6.46. The van der Waals surface area contributed by atoms with Gasteiger partial charge in [0.15, 0.2) is 0 Å². The molecule has 26 heavy (non-hydrogen) atoms. The number of fused-ring (bicyclic) bond motifs is 1. The van der Waals surface area contributed by atoms with E-state index in [9.17, 15) is 4.79 Å². The minimum atomic E-state index is -0.439. The number of rotatable bonds is 2. The highest BCUT2D eigenvalue weighted by molar-refractivity contribution is 5.76. The minimum absolute atomic E-state index is 0.0953. The molecule has 0 aliphatic carbocycles. The fourth-order valence-electron chi connectivity index (χ4n) is 5.32. The lowest BCUT2D eigenvalue weighted by Gasteiger charge is -2.54. The third kappa shape index (κ3) is 2.07. The molecule has 1 spiro atoms. The number of nitrogens with zero attached hydrogens (tertiary/aromatic N) is 1. The Morgan fingerprint density at radius 1 is 1.04 bits per heavy atom. The van der Waals surface area contributed by atoms with E-state index in [0.29, 0.717) is 12.5 Å². The smallest absolute Gasteiger partial charge is 0.220 e. The first-order valence-electron chi connectivity index (χ1n) is 9.40. The van der Waals surface area contributed by atoms with Crippen LogP contribution in [0.1, 0.15) is 30.9 Å². The second kappa shape index (κ2) is 5.55. The van der Waals surface area contributed by atoms with Crippen LogP contribution in [0.4, 0.5) is 0 Å². The number of benzene rings is 2. The first-order chi connectivity index (χ1) is 12.6. The highest BCUT2D eigenvalue weighted by atomic mass is 16.5. The molecule has 3 aliphatic rings. The Morgan fingerprint density at radius 2 is 1.65 bits per heavy atom. The number of amides is 1. The van der Waals surface area contributed by atoms with E-state index in [1.54, 1.807) is 6.92 Å². The monoisotopic (exact) mass is 345 g/mol. The van der Waals surface area contributed by atoms with E-state index in [0.717, 1.165) is 12.8 Å². The molecule has 0 aromatic heterocycles. The van der Waals surface area contributed by atoms with Crippen LogP contribution in [0.3, 0.4) is 0 Å². The molecule has 2 bridgehead atoms. The Kier molecular flexibility index (Phi) is 3.38. The second-order valence-corrected chi connectivity index (χ2v) is 7.80. The van der Waals surface area contributed by atoms with Crippen molar-refractivity contribution in [2.24, 2.45) is 5.92 Å². The Labute approximate surface area is 154 Å². The van der Waals surface area contributed by atoms with Gasteiger partial charge in [-0.3, -0.25) is 4.79 Å². The average Bonchev–Trinajstić information content (AvgIpc) is 3.25. The number of likely N-dealkylation sites (tertiary alicyclic amines) is 1. The molecule has 1 amide bonds. The Morgan fingerprint density at radius 3 is 2.19 bits per heavy atom. The highest BCUT2D eigenvalue weighted by Gasteiger charge is 2.60. The first-order valence-corrected chi connectivity index (χ1v) is 9.40. The molecule has 3 atom stereocenters. The Balaban J connectivity index is 1.72. The van der Waals surface area contributed by atoms with Crippen LogP contribution < -0.4 is 0 Å². The van der Waals surface area contributed by atoms with Gasteiger partial charge in [-0.15, -0.1) is 0 Å². The average molecular weight is 345 g/mol. The Bertz CT molecular complexity index is 821. The molecule has 3 heteroatoms. The largest absolute Gasteiger partial charge is 0.361 e. The van der Waals surface area contributed by atoms with Crippen molar-refractivity contribution in [1.29, 1.82) is 0 Å². The van der Waals surface area contributed by atoms with Crippen LogP contribution in [0.25, 0.3) is 0 Å². The topological polar surface area (TPSA) is 29.5 Å². The van der Waals surface area contributed by atoms with E-state index in [1.807, 2.05) is 17.0 Å². The van der Waals surface area contributed by atoms with Gasteiger partial charge in [-0.05, 0) is 29.9 Å². The highest BCUT2D eigenvalue weighted by Crippen LogP contribution is 2.56. The number of ether oxygens (including phenoxy) is 1. The standard InChI is InChI=1S/C23H23NO2/c1-17(25)24-16-22-13-12-21(26-22)14-20(22)15-23(24,18-8-4-2-5-9-18)19-10-6-3-7-11-19/h2-13,20-21H,14-16H2,1H3/t20-,21-,22-/m0/s1. The van der Waals surface area contributed by atoms with Gasteiger partial charge in [-0.2, -0.15) is 0 Å². The van der Waals surface area contributed by atoms with Crippen molar-refractivity contribution < 1.29 is 9.53 Å². The molecule has 0 N–H and O–H groups in total. The van der Waals surface area contributed by atoms with Crippen molar-refractivity contribution in [2.45, 2.75) is 37.0 Å². The molecular formula is C23H23NO2. The summed E-state index contributed by atoms with van der Waals surface area (Å²) in [6.45, 7) is 2.30. The second-order valence-electron chi connectivity index (χ2n) is 7.80.